The van der Waals surface area contributed by atoms with Crippen LogP contribution in [0, 0.1) is 5.92 Å². The van der Waals surface area contributed by atoms with Crippen molar-refractivity contribution in [2.75, 3.05) is 32.8 Å². The molecule has 25 heteroatoms. The normalized spacial score (nSPS) is 27.0. The van der Waals surface area contributed by atoms with Crippen LogP contribution in [-0.4, -0.2) is 149 Å². The van der Waals surface area contributed by atoms with Crippen molar-refractivity contribution in [3.8, 4) is 0 Å². The van der Waals surface area contributed by atoms with Crippen molar-refractivity contribution < 1.29 is 72.9 Å². The van der Waals surface area contributed by atoms with Crippen LogP contribution in [0.4, 0.5) is 14.4 Å². The molecule has 1 saturated carbocycles. The summed E-state index contributed by atoms with van der Waals surface area (Å²) in [5.74, 6) is -0.552. The number of ether oxygens (including phenoxy) is 1. The molecule has 4 bridgehead atoms. The third-order valence-electron chi connectivity index (χ3n) is 10.0. The van der Waals surface area contributed by atoms with Gasteiger partial charge < -0.3 is 19.4 Å². The van der Waals surface area contributed by atoms with E-state index in [1.165, 1.54) is 22.6 Å². The highest BCUT2D eigenvalue weighted by molar-refractivity contribution is 7.81. The smallest absolute Gasteiger partial charge is 0.418 e. The summed E-state index contributed by atoms with van der Waals surface area (Å²) in [7, 11) is -9.64. The number of hydroxylamine groups is 6. The van der Waals surface area contributed by atoms with Crippen LogP contribution in [0.15, 0.2) is 0 Å². The Kier molecular flexibility index (Phi) is 13.4. The zero-order valence-electron chi connectivity index (χ0n) is 30.7. The van der Waals surface area contributed by atoms with E-state index in [9.17, 15) is 40.8 Å². The van der Waals surface area contributed by atoms with Gasteiger partial charge in [-0.15, -0.1) is 8.57 Å². The highest BCUT2D eigenvalue weighted by Crippen LogP contribution is 2.32. The summed E-state index contributed by atoms with van der Waals surface area (Å²) in [6.45, 7) is 6.64. The number of amides is 7. The zero-order chi connectivity index (χ0) is 40.3. The molecule has 0 unspecified atom stereocenters. The zero-order valence-corrected chi connectivity index (χ0v) is 32.4. The Morgan fingerprint density at radius 3 is 1.64 bits per heavy atom. The maximum Gasteiger partial charge on any atom is 0.418 e. The molecule has 0 aromatic heterocycles. The summed E-state index contributed by atoms with van der Waals surface area (Å²) >= 11 is 0. The molecular formula is C30H49N7O16S2. The Morgan fingerprint density at radius 1 is 0.709 bits per heavy atom. The molecule has 0 aromatic carbocycles. The molecule has 312 valence electrons. The monoisotopic (exact) mass is 827 g/mol. The van der Waals surface area contributed by atoms with Crippen LogP contribution in [0.3, 0.4) is 0 Å². The number of fused-ring (bicyclic) bond motifs is 4. The van der Waals surface area contributed by atoms with Crippen LogP contribution >= 0.6 is 0 Å². The van der Waals surface area contributed by atoms with Gasteiger partial charge in [-0.25, -0.2) is 25.3 Å². The summed E-state index contributed by atoms with van der Waals surface area (Å²) in [5.41, 5.74) is 4.08. The van der Waals surface area contributed by atoms with Gasteiger partial charge in [-0.2, -0.15) is 27.0 Å². The highest BCUT2D eigenvalue weighted by Gasteiger charge is 2.51. The lowest BCUT2D eigenvalue weighted by Gasteiger charge is -2.30. The molecule has 7 amide bonds. The molecule has 55 heavy (non-hydrogen) atoms. The Labute approximate surface area is 318 Å². The topological polar surface area (TPSA) is 280 Å². The third-order valence-corrected chi connectivity index (χ3v) is 10.7. The van der Waals surface area contributed by atoms with Crippen molar-refractivity contribution in [3.05, 3.63) is 0 Å². The van der Waals surface area contributed by atoms with Crippen LogP contribution in [0.25, 0.3) is 0 Å². The predicted octanol–water partition coefficient (Wildman–Crippen LogP) is 0.664. The highest BCUT2D eigenvalue weighted by atomic mass is 32.3. The number of hydrogen-bond donors (Lipinski definition) is 4. The second-order valence-corrected chi connectivity index (χ2v) is 17.2. The lowest BCUT2D eigenvalue weighted by molar-refractivity contribution is -0.140. The van der Waals surface area contributed by atoms with E-state index in [1.807, 2.05) is 0 Å². The Balaban J connectivity index is 0.000000218. The molecular weight excluding hydrogens is 778 g/mol. The molecule has 6 rings (SSSR count). The SMILES string of the molecule is CC(C)(C)OC(=O)N1CCC[C@H]1CONC(=O)[C@@H]1CC[C@@H]2CN1C(=O)N2OS(=O)(=O)O.O=C(NOCC1CCCC1)[C@@H]1CC[C@@H]2CN1C(=O)N2OS(=O)(=O)O. The molecule has 6 aliphatic rings. The van der Waals surface area contributed by atoms with Crippen LogP contribution < -0.4 is 11.0 Å². The third kappa shape index (κ3) is 11.3. The lowest BCUT2D eigenvalue weighted by Crippen LogP contribution is -2.50. The summed E-state index contributed by atoms with van der Waals surface area (Å²) in [4.78, 5) is 76.2. The van der Waals surface area contributed by atoms with Gasteiger partial charge in [0.25, 0.3) is 11.8 Å². The minimum absolute atomic E-state index is 0.0618. The first-order chi connectivity index (χ1) is 25.7. The number of carbonyl (C=O) groups excluding carboxylic acids is 5. The number of urea groups is 2. The fraction of sp³-hybridized carbons (Fsp3) is 0.833. The minimum Gasteiger partial charge on any atom is -0.444 e. The summed E-state index contributed by atoms with van der Waals surface area (Å²) in [6, 6.07) is -4.55. The maximum atomic E-state index is 12.5. The van der Waals surface area contributed by atoms with Crippen molar-refractivity contribution >= 4 is 50.8 Å². The van der Waals surface area contributed by atoms with Crippen LogP contribution in [0.5, 0.6) is 0 Å². The van der Waals surface area contributed by atoms with E-state index in [4.69, 9.17) is 23.5 Å². The van der Waals surface area contributed by atoms with Gasteiger partial charge >= 0.3 is 39.0 Å². The van der Waals surface area contributed by atoms with Gasteiger partial charge in [0.15, 0.2) is 0 Å². The van der Waals surface area contributed by atoms with E-state index in [0.717, 1.165) is 19.3 Å². The van der Waals surface area contributed by atoms with Gasteiger partial charge in [-0.05, 0) is 78.1 Å². The van der Waals surface area contributed by atoms with E-state index in [2.05, 4.69) is 19.5 Å². The van der Waals surface area contributed by atoms with Gasteiger partial charge in [-0.3, -0.25) is 28.4 Å². The predicted molar refractivity (Wildman–Crippen MR) is 183 cm³/mol. The molecule has 5 heterocycles. The average molecular weight is 828 g/mol. The van der Waals surface area contributed by atoms with Gasteiger partial charge in [-0.1, -0.05) is 12.8 Å². The van der Waals surface area contributed by atoms with Crippen LogP contribution in [0.2, 0.25) is 0 Å². The molecule has 5 atom stereocenters. The Bertz CT molecular complexity index is 1670. The number of nitrogens with one attached hydrogen (secondary N) is 2. The van der Waals surface area contributed by atoms with E-state index in [-0.39, 0.29) is 32.2 Å². The molecule has 1 aliphatic carbocycles. The van der Waals surface area contributed by atoms with E-state index in [0.29, 0.717) is 54.9 Å². The summed E-state index contributed by atoms with van der Waals surface area (Å²) in [5, 5.41) is 1.18. The number of nitrogens with zero attached hydrogens (tertiary/aromatic N) is 5. The fourth-order valence-electron chi connectivity index (χ4n) is 7.53. The standard InChI is InChI=1S/C17H28N4O9S.C13H21N3O7S/c1-17(2,3)29-16(24)19-8-4-5-12(19)10-28-18-14(22)13-7-6-11-9-20(13)15(23)21(11)30-31(25,26)27;17-12(14-22-8-9-3-1-2-4-9)11-6-5-10-7-15(11)13(18)16(10)23-24(19,20)21/h11-13H,4-10H2,1-3H3,(H,18,22)(H,25,26,27);9-11H,1-8H2,(H,14,17)(H,19,20,21)/t11-,12+,13+;10-,11+/m11/s1. The van der Waals surface area contributed by atoms with Crippen molar-refractivity contribution in [2.24, 2.45) is 5.92 Å². The molecule has 0 radical (unpaired) electrons. The first-order valence-electron chi connectivity index (χ1n) is 18.1. The van der Waals surface area contributed by atoms with E-state index in [1.54, 1.807) is 25.7 Å². The van der Waals surface area contributed by atoms with Crippen LogP contribution in [-0.2, 0) is 53.4 Å². The first-order valence-corrected chi connectivity index (χ1v) is 20.8. The van der Waals surface area contributed by atoms with Crippen molar-refractivity contribution in [1.82, 2.24) is 35.8 Å². The largest absolute Gasteiger partial charge is 0.444 e. The molecule has 4 N–H and O–H groups in total. The first kappa shape index (κ1) is 42.6. The number of likely N-dealkylation sites (tertiary alicyclic amines) is 1. The maximum absolute atomic E-state index is 12.5. The second kappa shape index (κ2) is 17.3. The summed E-state index contributed by atoms with van der Waals surface area (Å²) in [6.07, 6.45) is 6.92. The molecule has 23 nitrogen and oxygen atoms in total. The van der Waals surface area contributed by atoms with Crippen molar-refractivity contribution in [1.29, 1.82) is 0 Å². The van der Waals surface area contributed by atoms with Gasteiger partial charge in [0, 0.05) is 19.6 Å². The Hall–Kier alpha value is -3.59. The number of rotatable bonds is 12. The average Bonchev–Trinajstić information content (AvgIpc) is 3.87. The van der Waals surface area contributed by atoms with Gasteiger partial charge in [0.2, 0.25) is 0 Å². The molecule has 0 aromatic rings. The van der Waals surface area contributed by atoms with Crippen LogP contribution in [0.1, 0.15) is 85.0 Å². The molecule has 0 spiro atoms. The minimum atomic E-state index is -4.85. The quantitative estimate of drug-likeness (QED) is 0.155. The lowest BCUT2D eigenvalue weighted by atomic mass is 10.0. The number of carbonyl (C=O) groups is 5. The van der Waals surface area contributed by atoms with Gasteiger partial charge in [0.1, 0.15) is 17.7 Å². The Morgan fingerprint density at radius 2 is 1.18 bits per heavy atom. The molecule has 6 fully saturated rings. The summed E-state index contributed by atoms with van der Waals surface area (Å²) < 4.78 is 75.1. The fourth-order valence-corrected chi connectivity index (χ4v) is 8.31. The number of piperidine rings is 2. The van der Waals surface area contributed by atoms with Crippen molar-refractivity contribution in [2.45, 2.75) is 121 Å². The molecule has 5 aliphatic heterocycles. The second-order valence-electron chi connectivity index (χ2n) is 15.2. The van der Waals surface area contributed by atoms with E-state index >= 15 is 0 Å². The van der Waals surface area contributed by atoms with Gasteiger partial charge in [0.05, 0.1) is 31.3 Å². The number of hydrogen-bond acceptors (Lipinski definition) is 14. The van der Waals surface area contributed by atoms with E-state index < -0.39 is 80.5 Å². The van der Waals surface area contributed by atoms with Crippen molar-refractivity contribution in [3.63, 3.8) is 0 Å². The molecule has 5 saturated heterocycles.